The van der Waals surface area contributed by atoms with Crippen molar-refractivity contribution in [3.05, 3.63) is 60.2 Å². The Balaban J connectivity index is 2.05. The van der Waals surface area contributed by atoms with Crippen molar-refractivity contribution in [3.8, 4) is 5.75 Å². The third kappa shape index (κ3) is 5.43. The van der Waals surface area contributed by atoms with E-state index in [9.17, 15) is 18.4 Å². The van der Waals surface area contributed by atoms with E-state index in [4.69, 9.17) is 4.74 Å². The Hall–Kier alpha value is -2.46. The Kier molecular flexibility index (Phi) is 7.66. The summed E-state index contributed by atoms with van der Waals surface area (Å²) in [5.41, 5.74) is 2.41. The first-order valence-electron chi connectivity index (χ1n) is 10.2. The first kappa shape index (κ1) is 23.2. The van der Waals surface area contributed by atoms with E-state index in [1.807, 2.05) is 35.2 Å². The number of carbonyl (C=O) groups excluding carboxylic acids is 1. The maximum Gasteiger partial charge on any atom is 0.276 e. The minimum absolute atomic E-state index is 0.0145. The van der Waals surface area contributed by atoms with Gasteiger partial charge in [-0.15, -0.1) is 0 Å². The summed E-state index contributed by atoms with van der Waals surface area (Å²) in [5, 5.41) is 9.44. The van der Waals surface area contributed by atoms with Crippen LogP contribution < -0.4 is 10.2 Å². The van der Waals surface area contributed by atoms with E-state index in [-0.39, 0.29) is 11.4 Å². The smallest absolute Gasteiger partial charge is 0.276 e. The van der Waals surface area contributed by atoms with Crippen LogP contribution in [-0.4, -0.2) is 55.1 Å². The number of methoxy groups -OCH3 is 1. The molecule has 1 saturated heterocycles. The summed E-state index contributed by atoms with van der Waals surface area (Å²) >= 11 is 0. The highest BCUT2D eigenvalue weighted by molar-refractivity contribution is 7.89. The maximum absolute atomic E-state index is 13.7. The number of hydroxylamine groups is 1. The number of benzene rings is 2. The standard InChI is InChI=1S/C22H29N3O5S/c1-17-12-14-24(15-13-17)22(21(26)23-27)25(16-18-6-4-3-5-7-18)31(28,29)20-10-8-19(30-2)9-11-20/h3-11,17,22,27H,12-16H2,1-2H3,(H,23,26). The average molecular weight is 448 g/mol. The Bertz CT molecular complexity index is 958. The number of nitrogens with one attached hydrogen (secondary N) is 1. The van der Waals surface area contributed by atoms with E-state index >= 15 is 0 Å². The zero-order chi connectivity index (χ0) is 22.4. The van der Waals surface area contributed by atoms with E-state index in [0.29, 0.717) is 24.8 Å². The largest absolute Gasteiger partial charge is 0.497 e. The lowest BCUT2D eigenvalue weighted by molar-refractivity contribution is -0.140. The summed E-state index contributed by atoms with van der Waals surface area (Å²) < 4.78 is 33.7. The molecule has 0 spiro atoms. The van der Waals surface area contributed by atoms with Crippen LogP contribution in [0.3, 0.4) is 0 Å². The lowest BCUT2D eigenvalue weighted by Crippen LogP contribution is -2.59. The quantitative estimate of drug-likeness (QED) is 0.476. The van der Waals surface area contributed by atoms with E-state index in [0.717, 1.165) is 22.7 Å². The van der Waals surface area contributed by atoms with Crippen molar-refractivity contribution in [2.75, 3.05) is 20.2 Å². The maximum atomic E-state index is 13.7. The van der Waals surface area contributed by atoms with Crippen LogP contribution in [0, 0.1) is 5.92 Å². The van der Waals surface area contributed by atoms with Crippen LogP contribution in [0.5, 0.6) is 5.75 Å². The lowest BCUT2D eigenvalue weighted by atomic mass is 9.99. The summed E-state index contributed by atoms with van der Waals surface area (Å²) in [6.07, 6.45) is 0.512. The molecule has 31 heavy (non-hydrogen) atoms. The first-order chi connectivity index (χ1) is 14.9. The molecule has 1 aliphatic heterocycles. The van der Waals surface area contributed by atoms with Gasteiger partial charge in [-0.05, 0) is 48.6 Å². The fourth-order valence-corrected chi connectivity index (χ4v) is 5.32. The predicted octanol–water partition coefficient (Wildman–Crippen LogP) is 2.45. The van der Waals surface area contributed by atoms with Gasteiger partial charge >= 0.3 is 0 Å². The summed E-state index contributed by atoms with van der Waals surface area (Å²) in [7, 11) is -2.57. The third-order valence-electron chi connectivity index (χ3n) is 5.63. The summed E-state index contributed by atoms with van der Waals surface area (Å²) in [6, 6.07) is 15.1. The van der Waals surface area contributed by atoms with Gasteiger partial charge in [-0.3, -0.25) is 14.9 Å². The Morgan fingerprint density at radius 1 is 1.16 bits per heavy atom. The monoisotopic (exact) mass is 447 g/mol. The van der Waals surface area contributed by atoms with Crippen LogP contribution >= 0.6 is 0 Å². The van der Waals surface area contributed by atoms with E-state index in [2.05, 4.69) is 6.92 Å². The normalized spacial score (nSPS) is 16.8. The molecule has 0 aromatic heterocycles. The highest BCUT2D eigenvalue weighted by Gasteiger charge is 2.40. The second-order valence-corrected chi connectivity index (χ2v) is 9.67. The first-order valence-corrected chi connectivity index (χ1v) is 11.7. The van der Waals surface area contributed by atoms with Crippen molar-refractivity contribution in [3.63, 3.8) is 0 Å². The lowest BCUT2D eigenvalue weighted by Gasteiger charge is -2.40. The molecule has 1 unspecified atom stereocenters. The zero-order valence-electron chi connectivity index (χ0n) is 17.8. The molecule has 3 rings (SSSR count). The van der Waals surface area contributed by atoms with E-state index in [1.165, 1.54) is 19.2 Å². The van der Waals surface area contributed by atoms with Gasteiger partial charge in [0, 0.05) is 19.6 Å². The van der Waals surface area contributed by atoms with E-state index < -0.39 is 22.1 Å². The predicted molar refractivity (Wildman–Crippen MR) is 116 cm³/mol. The molecule has 1 amide bonds. The summed E-state index contributed by atoms with van der Waals surface area (Å²) in [5.74, 6) is 0.251. The van der Waals surface area contributed by atoms with Gasteiger partial charge in [-0.2, -0.15) is 4.31 Å². The Morgan fingerprint density at radius 2 is 1.77 bits per heavy atom. The molecular weight excluding hydrogens is 418 g/mol. The molecule has 0 aliphatic carbocycles. The minimum Gasteiger partial charge on any atom is -0.497 e. The summed E-state index contributed by atoms with van der Waals surface area (Å²) in [4.78, 5) is 14.6. The molecule has 0 radical (unpaired) electrons. The molecule has 0 saturated carbocycles. The number of carbonyl (C=O) groups is 1. The van der Waals surface area contributed by atoms with Crippen LogP contribution in [0.1, 0.15) is 25.3 Å². The molecular formula is C22H29N3O5S. The molecule has 0 bridgehead atoms. The number of likely N-dealkylation sites (tertiary alicyclic amines) is 1. The number of piperidine rings is 1. The highest BCUT2D eigenvalue weighted by Crippen LogP contribution is 2.27. The Labute approximate surface area is 183 Å². The molecule has 2 aromatic rings. The van der Waals surface area contributed by atoms with Crippen molar-refractivity contribution in [2.24, 2.45) is 5.92 Å². The average Bonchev–Trinajstić information content (AvgIpc) is 2.80. The molecule has 1 aliphatic rings. The number of ether oxygens (including phenoxy) is 1. The number of nitrogens with zero attached hydrogens (tertiary/aromatic N) is 2. The van der Waals surface area contributed by atoms with Gasteiger partial charge in [0.2, 0.25) is 10.0 Å². The van der Waals surface area contributed by atoms with Gasteiger partial charge in [0.25, 0.3) is 5.91 Å². The topological polar surface area (TPSA) is 99.2 Å². The minimum atomic E-state index is -4.08. The van der Waals surface area contributed by atoms with Gasteiger partial charge in [0.05, 0.1) is 12.0 Å². The SMILES string of the molecule is COc1ccc(S(=O)(=O)N(Cc2ccccc2)C(C(=O)NO)N2CCC(C)CC2)cc1. The highest BCUT2D eigenvalue weighted by atomic mass is 32.2. The van der Waals surface area contributed by atoms with Crippen LogP contribution in [0.4, 0.5) is 0 Å². The Morgan fingerprint density at radius 3 is 2.32 bits per heavy atom. The molecule has 2 N–H and O–H groups in total. The molecule has 168 valence electrons. The van der Waals surface area contributed by atoms with Crippen molar-refractivity contribution < 1.29 is 23.2 Å². The second-order valence-electron chi connectivity index (χ2n) is 7.78. The van der Waals surface area contributed by atoms with Gasteiger partial charge in [0.1, 0.15) is 5.75 Å². The van der Waals surface area contributed by atoms with Crippen molar-refractivity contribution >= 4 is 15.9 Å². The molecule has 2 aromatic carbocycles. The number of amides is 1. The van der Waals surface area contributed by atoms with Crippen molar-refractivity contribution in [2.45, 2.75) is 37.4 Å². The number of rotatable bonds is 8. The van der Waals surface area contributed by atoms with Gasteiger partial charge in [-0.1, -0.05) is 37.3 Å². The van der Waals surface area contributed by atoms with E-state index in [1.54, 1.807) is 17.6 Å². The van der Waals surface area contributed by atoms with Crippen LogP contribution in [-0.2, 0) is 21.4 Å². The number of hydrogen-bond donors (Lipinski definition) is 2. The van der Waals surface area contributed by atoms with Crippen LogP contribution in [0.15, 0.2) is 59.5 Å². The molecule has 1 fully saturated rings. The summed E-state index contributed by atoms with van der Waals surface area (Å²) in [6.45, 7) is 3.24. The van der Waals surface area contributed by atoms with Crippen LogP contribution in [0.25, 0.3) is 0 Å². The fraction of sp³-hybridized carbons (Fsp3) is 0.409. The molecule has 1 heterocycles. The molecule has 9 heteroatoms. The van der Waals surface area contributed by atoms with Gasteiger partial charge in [0.15, 0.2) is 6.17 Å². The molecule has 8 nitrogen and oxygen atoms in total. The zero-order valence-corrected chi connectivity index (χ0v) is 18.6. The fourth-order valence-electron chi connectivity index (χ4n) is 3.76. The van der Waals surface area contributed by atoms with Crippen molar-refractivity contribution in [1.82, 2.24) is 14.7 Å². The second kappa shape index (κ2) is 10.2. The van der Waals surface area contributed by atoms with Gasteiger partial charge in [-0.25, -0.2) is 13.9 Å². The third-order valence-corrected chi connectivity index (χ3v) is 7.44. The molecule has 1 atom stereocenters. The van der Waals surface area contributed by atoms with Crippen LogP contribution in [0.2, 0.25) is 0 Å². The van der Waals surface area contributed by atoms with Gasteiger partial charge < -0.3 is 4.74 Å². The number of hydrogen-bond acceptors (Lipinski definition) is 6. The number of sulfonamides is 1. The van der Waals surface area contributed by atoms with Crippen molar-refractivity contribution in [1.29, 1.82) is 0 Å².